The number of hydrogen-bond acceptors (Lipinski definition) is 2. The van der Waals surface area contributed by atoms with Crippen LogP contribution in [0.4, 0.5) is 4.79 Å². The van der Waals surface area contributed by atoms with Gasteiger partial charge in [-0.2, -0.15) is 5.10 Å². The summed E-state index contributed by atoms with van der Waals surface area (Å²) in [7, 11) is 0. The van der Waals surface area contributed by atoms with Crippen LogP contribution in [0.5, 0.6) is 0 Å². The number of urea groups is 1. The number of hydrogen-bond donors (Lipinski definition) is 3. The van der Waals surface area contributed by atoms with Gasteiger partial charge in [0.2, 0.25) is 0 Å². The van der Waals surface area contributed by atoms with Gasteiger partial charge in [0, 0.05) is 5.69 Å². The van der Waals surface area contributed by atoms with Crippen molar-refractivity contribution in [1.82, 2.24) is 10.4 Å². The highest BCUT2D eigenvalue weighted by Crippen LogP contribution is 2.01. The van der Waals surface area contributed by atoms with Crippen molar-refractivity contribution in [3.63, 3.8) is 0 Å². The van der Waals surface area contributed by atoms with E-state index in [-0.39, 0.29) is 0 Å². The maximum atomic E-state index is 10.3. The Kier molecular flexibility index (Phi) is 2.69. The summed E-state index contributed by atoms with van der Waals surface area (Å²) in [6.45, 7) is 3.72. The van der Waals surface area contributed by atoms with Crippen LogP contribution in [0, 0.1) is 6.92 Å². The van der Waals surface area contributed by atoms with Crippen molar-refractivity contribution in [3.05, 3.63) is 23.5 Å². The Morgan fingerprint density at radius 1 is 1.62 bits per heavy atom. The van der Waals surface area contributed by atoms with Gasteiger partial charge in [-0.15, -0.1) is 0 Å². The minimum Gasteiger partial charge on any atom is -0.358 e. The first-order valence-electron chi connectivity index (χ1n) is 3.85. The van der Waals surface area contributed by atoms with E-state index in [9.17, 15) is 4.79 Å². The van der Waals surface area contributed by atoms with E-state index in [2.05, 4.69) is 15.5 Å². The van der Waals surface area contributed by atoms with Crippen molar-refractivity contribution >= 4 is 11.7 Å². The second-order valence-electron chi connectivity index (χ2n) is 2.73. The molecule has 5 heteroatoms. The lowest BCUT2D eigenvalue weighted by Crippen LogP contribution is -2.25. The van der Waals surface area contributed by atoms with Gasteiger partial charge < -0.3 is 10.7 Å². The fraction of sp³-hybridized carbons (Fsp3) is 0.250. The SMILES string of the molecule is C/C(=N/NC(N)=O)c1ccc(C)[nH]1. The van der Waals surface area contributed by atoms with Gasteiger partial charge in [-0.3, -0.25) is 0 Å². The molecule has 0 aliphatic heterocycles. The summed E-state index contributed by atoms with van der Waals surface area (Å²) in [5.41, 5.74) is 9.62. The van der Waals surface area contributed by atoms with Crippen molar-refractivity contribution in [2.24, 2.45) is 10.8 Å². The number of carbonyl (C=O) groups is 1. The average Bonchev–Trinajstić information content (AvgIpc) is 2.47. The number of aromatic amines is 1. The first kappa shape index (κ1) is 9.31. The zero-order chi connectivity index (χ0) is 9.84. The van der Waals surface area contributed by atoms with E-state index >= 15 is 0 Å². The molecular formula is C8H12N4O. The maximum Gasteiger partial charge on any atom is 0.332 e. The Bertz CT molecular complexity index is 340. The van der Waals surface area contributed by atoms with Crippen molar-refractivity contribution in [3.8, 4) is 0 Å². The fourth-order valence-electron chi connectivity index (χ4n) is 0.914. The summed E-state index contributed by atoms with van der Waals surface area (Å²) in [6, 6.07) is 3.15. The summed E-state index contributed by atoms with van der Waals surface area (Å²) in [5, 5.41) is 3.77. The third kappa shape index (κ3) is 2.62. The third-order valence-corrected chi connectivity index (χ3v) is 1.56. The number of aromatic nitrogens is 1. The first-order chi connectivity index (χ1) is 6.09. The highest BCUT2D eigenvalue weighted by atomic mass is 16.2. The fourth-order valence-corrected chi connectivity index (χ4v) is 0.914. The lowest BCUT2D eigenvalue weighted by molar-refractivity contribution is 0.249. The van der Waals surface area contributed by atoms with Crippen LogP contribution in [0.2, 0.25) is 0 Å². The Morgan fingerprint density at radius 3 is 2.77 bits per heavy atom. The zero-order valence-electron chi connectivity index (χ0n) is 7.59. The highest BCUT2D eigenvalue weighted by Gasteiger charge is 1.99. The predicted octanol–water partition coefficient (Wildman–Crippen LogP) is 0.715. The smallest absolute Gasteiger partial charge is 0.332 e. The monoisotopic (exact) mass is 180 g/mol. The van der Waals surface area contributed by atoms with E-state index in [4.69, 9.17) is 5.73 Å². The Balaban J connectivity index is 2.72. The summed E-state index contributed by atoms with van der Waals surface area (Å²) in [6.07, 6.45) is 0. The zero-order valence-corrected chi connectivity index (χ0v) is 7.59. The molecule has 0 atom stereocenters. The summed E-state index contributed by atoms with van der Waals surface area (Å²) >= 11 is 0. The topological polar surface area (TPSA) is 83.3 Å². The highest BCUT2D eigenvalue weighted by molar-refractivity contribution is 5.97. The molecule has 0 saturated carbocycles. The molecule has 0 radical (unpaired) electrons. The van der Waals surface area contributed by atoms with Gasteiger partial charge in [0.05, 0.1) is 11.4 Å². The lowest BCUT2D eigenvalue weighted by atomic mass is 10.3. The van der Waals surface area contributed by atoms with Crippen molar-refractivity contribution in [1.29, 1.82) is 0 Å². The van der Waals surface area contributed by atoms with Crippen molar-refractivity contribution < 1.29 is 4.79 Å². The Labute approximate surface area is 76.0 Å². The van der Waals surface area contributed by atoms with Crippen LogP contribution < -0.4 is 11.2 Å². The number of nitrogens with one attached hydrogen (secondary N) is 2. The van der Waals surface area contributed by atoms with Gasteiger partial charge >= 0.3 is 6.03 Å². The largest absolute Gasteiger partial charge is 0.358 e. The quantitative estimate of drug-likeness (QED) is 0.454. The molecule has 0 bridgehead atoms. The van der Waals surface area contributed by atoms with Crippen LogP contribution in [0.1, 0.15) is 18.3 Å². The van der Waals surface area contributed by atoms with Gasteiger partial charge in [-0.05, 0) is 26.0 Å². The van der Waals surface area contributed by atoms with E-state index in [1.165, 1.54) is 0 Å². The van der Waals surface area contributed by atoms with Gasteiger partial charge in [0.25, 0.3) is 0 Å². The number of aryl methyl sites for hydroxylation is 1. The van der Waals surface area contributed by atoms with Crippen molar-refractivity contribution in [2.45, 2.75) is 13.8 Å². The molecule has 0 unspecified atom stereocenters. The van der Waals surface area contributed by atoms with Crippen LogP contribution in [0.3, 0.4) is 0 Å². The molecule has 0 saturated heterocycles. The molecule has 1 aromatic heterocycles. The van der Waals surface area contributed by atoms with Crippen LogP contribution in [-0.2, 0) is 0 Å². The van der Waals surface area contributed by atoms with E-state index in [1.54, 1.807) is 6.92 Å². The Hall–Kier alpha value is -1.78. The molecule has 0 aliphatic rings. The van der Waals surface area contributed by atoms with E-state index in [0.717, 1.165) is 11.4 Å². The minimum atomic E-state index is -0.664. The molecular weight excluding hydrogens is 168 g/mol. The lowest BCUT2D eigenvalue weighted by Gasteiger charge is -1.96. The molecule has 2 amide bonds. The molecule has 0 aliphatic carbocycles. The molecule has 5 nitrogen and oxygen atoms in total. The van der Waals surface area contributed by atoms with E-state index in [1.807, 2.05) is 19.1 Å². The molecule has 0 aromatic carbocycles. The average molecular weight is 180 g/mol. The molecule has 1 heterocycles. The number of hydrazone groups is 1. The first-order valence-corrected chi connectivity index (χ1v) is 3.85. The van der Waals surface area contributed by atoms with Crippen LogP contribution in [0.25, 0.3) is 0 Å². The summed E-state index contributed by atoms with van der Waals surface area (Å²) in [4.78, 5) is 13.4. The molecule has 0 fully saturated rings. The predicted molar refractivity (Wildman–Crippen MR) is 50.5 cm³/mol. The van der Waals surface area contributed by atoms with Gasteiger partial charge in [0.1, 0.15) is 0 Å². The number of carbonyl (C=O) groups excluding carboxylic acids is 1. The third-order valence-electron chi connectivity index (χ3n) is 1.56. The van der Waals surface area contributed by atoms with Crippen LogP contribution in [0.15, 0.2) is 17.2 Å². The number of H-pyrrole nitrogens is 1. The van der Waals surface area contributed by atoms with Gasteiger partial charge in [-0.1, -0.05) is 0 Å². The number of rotatable bonds is 2. The summed E-state index contributed by atoms with van der Waals surface area (Å²) < 4.78 is 0. The second kappa shape index (κ2) is 3.75. The molecule has 1 aromatic rings. The molecule has 70 valence electrons. The molecule has 13 heavy (non-hydrogen) atoms. The Morgan fingerprint density at radius 2 is 2.31 bits per heavy atom. The molecule has 0 spiro atoms. The van der Waals surface area contributed by atoms with Gasteiger partial charge in [0.15, 0.2) is 0 Å². The second-order valence-corrected chi connectivity index (χ2v) is 2.73. The van der Waals surface area contributed by atoms with E-state index in [0.29, 0.717) is 5.71 Å². The van der Waals surface area contributed by atoms with E-state index < -0.39 is 6.03 Å². The summed E-state index contributed by atoms with van der Waals surface area (Å²) in [5.74, 6) is 0. The van der Waals surface area contributed by atoms with Gasteiger partial charge in [-0.25, -0.2) is 10.2 Å². The standard InChI is InChI=1S/C8H12N4O/c1-5-3-4-7(10-5)6(2)11-12-8(9)13/h3-4,10H,1-2H3,(H3,9,12,13)/b11-6-. The van der Waals surface area contributed by atoms with Crippen molar-refractivity contribution in [2.75, 3.05) is 0 Å². The number of nitrogens with two attached hydrogens (primary N) is 1. The molecule has 4 N–H and O–H groups in total. The number of amides is 2. The normalized spacial score (nSPS) is 11.4. The van der Waals surface area contributed by atoms with Crippen LogP contribution >= 0.6 is 0 Å². The minimum absolute atomic E-state index is 0.664. The number of primary amides is 1. The van der Waals surface area contributed by atoms with Crippen LogP contribution in [-0.4, -0.2) is 16.7 Å². The number of nitrogens with zero attached hydrogens (tertiary/aromatic N) is 1. The molecule has 1 rings (SSSR count). The maximum absolute atomic E-state index is 10.3.